The maximum absolute atomic E-state index is 6.08. The molecule has 0 aliphatic carbocycles. The first-order chi connectivity index (χ1) is 40.0. The molecule has 0 amide bonds. The summed E-state index contributed by atoms with van der Waals surface area (Å²) in [5, 5.41) is 9.88. The molecule has 0 spiro atoms. The molecule has 6 aliphatic rings. The predicted molar refractivity (Wildman–Crippen MR) is 349 cm³/mol. The normalized spacial score (nSPS) is 14.2. The Labute approximate surface area is 483 Å². The average molecular weight is 1080 g/mol. The van der Waals surface area contributed by atoms with Crippen LogP contribution >= 0.6 is 0 Å². The minimum Gasteiger partial charge on any atom is -0.496 e. The van der Waals surface area contributed by atoms with Gasteiger partial charge in [-0.3, -0.25) is 0 Å². The van der Waals surface area contributed by atoms with Crippen LogP contribution in [0.5, 0.6) is 11.5 Å². The Bertz CT molecular complexity index is 4230. The number of hydrogen-bond donors (Lipinski definition) is 2. The maximum Gasteiger partial charge on any atom is 0.122 e. The lowest BCUT2D eigenvalue weighted by Gasteiger charge is -2.15. The van der Waals surface area contributed by atoms with Gasteiger partial charge in [0.05, 0.1) is 48.0 Å². The predicted octanol–water partition coefficient (Wildman–Crippen LogP) is 20.1. The number of aromatic nitrogens is 4. The van der Waals surface area contributed by atoms with Gasteiger partial charge in [-0.05, 0) is 274 Å². The highest BCUT2D eigenvalue weighted by molar-refractivity contribution is 6.13. The first-order valence-corrected chi connectivity index (χ1v) is 30.4. The number of aromatic amines is 2. The Balaban J connectivity index is 1.13. The van der Waals surface area contributed by atoms with Crippen molar-refractivity contribution in [2.45, 2.75) is 132 Å². The van der Waals surface area contributed by atoms with Crippen molar-refractivity contribution in [3.05, 3.63) is 189 Å². The molecule has 9 heterocycles. The molecule has 10 aromatic rings. The van der Waals surface area contributed by atoms with Crippen molar-refractivity contribution in [1.82, 2.24) is 19.9 Å². The van der Waals surface area contributed by atoms with Gasteiger partial charge in [0.25, 0.3) is 0 Å². The highest BCUT2D eigenvalue weighted by atomic mass is 16.5. The molecule has 0 saturated heterocycles. The summed E-state index contributed by atoms with van der Waals surface area (Å²) in [5.74, 6) is 1.92. The van der Waals surface area contributed by atoms with Crippen LogP contribution in [0.4, 0.5) is 0 Å². The Morgan fingerprint density at radius 1 is 0.427 bits per heavy atom. The van der Waals surface area contributed by atoms with E-state index < -0.39 is 0 Å². The Kier molecular flexibility index (Phi) is 14.0. The minimum absolute atomic E-state index is 0.855. The van der Waals surface area contributed by atoms with Crippen LogP contribution in [0.15, 0.2) is 121 Å². The number of benzene rings is 7. The molecule has 0 fully saturated rings. The highest BCUT2D eigenvalue weighted by Crippen LogP contribution is 2.47. The number of aryl methyl sites for hydroxylation is 8. The molecule has 18 bridgehead atoms. The Hall–Kier alpha value is -8.22. The topological polar surface area (TPSA) is 75.8 Å². The van der Waals surface area contributed by atoms with E-state index >= 15 is 0 Å². The van der Waals surface area contributed by atoms with E-state index in [2.05, 4.69) is 187 Å². The van der Waals surface area contributed by atoms with Crippen LogP contribution < -0.4 is 9.47 Å². The molecule has 6 heteroatoms. The minimum atomic E-state index is 0.855. The number of rotatable bonds is 6. The van der Waals surface area contributed by atoms with E-state index in [1.54, 1.807) is 14.2 Å². The number of hydrogen-bond acceptors (Lipinski definition) is 4. The molecule has 0 radical (unpaired) electrons. The zero-order chi connectivity index (χ0) is 56.5. The van der Waals surface area contributed by atoms with Crippen LogP contribution in [0, 0.1) is 13.8 Å². The van der Waals surface area contributed by atoms with Gasteiger partial charge in [0.1, 0.15) is 11.5 Å². The lowest BCUT2D eigenvalue weighted by Crippen LogP contribution is -2.00. The SMILES string of the molecule is CCC1=C(C)c2nc1cc1[nH]c(c(C)c1CC)c1c3nc(cc4[nH]c(c(C)c4CC)c2-c2cccc4cc5ccc(cc5cc24)CCCCc2cc(OC)c(cc2OC)CCCCc2ccc4cc5cccc-1c5cc4c2)C(CC)=C3C. The van der Waals surface area contributed by atoms with Crippen molar-refractivity contribution in [2.24, 2.45) is 0 Å². The van der Waals surface area contributed by atoms with Crippen LogP contribution in [0.2, 0.25) is 0 Å². The molecule has 0 unspecified atom stereocenters. The van der Waals surface area contributed by atoms with E-state index in [9.17, 15) is 0 Å². The van der Waals surface area contributed by atoms with Crippen molar-refractivity contribution in [2.75, 3.05) is 14.2 Å². The lowest BCUT2D eigenvalue weighted by atomic mass is 9.91. The second kappa shape index (κ2) is 21.6. The van der Waals surface area contributed by atoms with E-state index in [0.29, 0.717) is 0 Å². The van der Waals surface area contributed by atoms with Crippen LogP contribution in [-0.2, 0) is 38.5 Å². The van der Waals surface area contributed by atoms with Crippen molar-refractivity contribution >= 4 is 87.4 Å². The van der Waals surface area contributed by atoms with Gasteiger partial charge in [0.15, 0.2) is 0 Å². The van der Waals surface area contributed by atoms with E-state index in [1.165, 1.54) is 121 Å². The summed E-state index contributed by atoms with van der Waals surface area (Å²) < 4.78 is 12.2. The third-order valence-electron chi connectivity index (χ3n) is 18.8. The third-order valence-corrected chi connectivity index (χ3v) is 18.8. The molecular formula is C76H76N4O2. The van der Waals surface area contributed by atoms with Crippen LogP contribution in [-0.4, -0.2) is 34.2 Å². The van der Waals surface area contributed by atoms with Gasteiger partial charge in [-0.15, -0.1) is 0 Å². The Morgan fingerprint density at radius 3 is 1.26 bits per heavy atom. The lowest BCUT2D eigenvalue weighted by molar-refractivity contribution is 0.393. The molecule has 16 rings (SSSR count). The number of ether oxygens (including phenoxy) is 2. The molecule has 82 heavy (non-hydrogen) atoms. The summed E-state index contributed by atoms with van der Waals surface area (Å²) in [7, 11) is 3.61. The zero-order valence-corrected chi connectivity index (χ0v) is 49.7. The first-order valence-electron chi connectivity index (χ1n) is 30.4. The van der Waals surface area contributed by atoms with Gasteiger partial charge in [-0.1, -0.05) is 100 Å². The van der Waals surface area contributed by atoms with Gasteiger partial charge in [-0.25, -0.2) is 9.97 Å². The molecule has 412 valence electrons. The van der Waals surface area contributed by atoms with Gasteiger partial charge in [0, 0.05) is 22.2 Å². The summed E-state index contributed by atoms with van der Waals surface area (Å²) in [6.07, 6.45) is 11.5. The highest BCUT2D eigenvalue weighted by Gasteiger charge is 2.27. The standard InChI is InChI=1S/C76H76N4O2/c1-11-57-43(5)73-71-61-27-19-25-51-35-49-31-29-47(33-55(49)37-63(51)61)21-15-17-23-53-39-70(82-10)54(40-69(53)81-9)24-18-16-22-48-30-32-50-36-52-26-20-28-62(64(52)38-56(50)34-48)72(75-44(6)58(12-2)66(78-75)41-65(57)77-73)76-46(8)60(14-4)68(80-76)42-67-59(13-3)45(7)74(71)79-67/h19-20,25-42,77,80H,11-18,21-24H2,1-10H3. The number of nitrogens with zero attached hydrogens (tertiary/aromatic N) is 2. The number of methoxy groups -OCH3 is 2. The van der Waals surface area contributed by atoms with E-state index in [-0.39, 0.29) is 0 Å². The Morgan fingerprint density at radius 2 is 0.854 bits per heavy atom. The number of H-pyrrole nitrogens is 2. The smallest absolute Gasteiger partial charge is 0.122 e. The van der Waals surface area contributed by atoms with Crippen LogP contribution in [0.25, 0.3) is 110 Å². The van der Waals surface area contributed by atoms with Gasteiger partial charge in [0.2, 0.25) is 0 Å². The molecule has 0 saturated carbocycles. The maximum atomic E-state index is 6.08. The summed E-state index contributed by atoms with van der Waals surface area (Å²) in [6, 6.07) is 46.7. The van der Waals surface area contributed by atoms with E-state index in [0.717, 1.165) is 145 Å². The summed E-state index contributed by atoms with van der Waals surface area (Å²) >= 11 is 0. The van der Waals surface area contributed by atoms with Gasteiger partial charge < -0.3 is 19.4 Å². The second-order valence-electron chi connectivity index (χ2n) is 23.4. The fourth-order valence-electron chi connectivity index (χ4n) is 14.4. The van der Waals surface area contributed by atoms with Crippen molar-refractivity contribution < 1.29 is 9.47 Å². The van der Waals surface area contributed by atoms with E-state index in [4.69, 9.17) is 19.4 Å². The largest absolute Gasteiger partial charge is 0.496 e. The summed E-state index contributed by atoms with van der Waals surface area (Å²) in [5.41, 5.74) is 28.4. The molecule has 2 N–H and O–H groups in total. The molecule has 6 nitrogen and oxygen atoms in total. The van der Waals surface area contributed by atoms with Crippen molar-refractivity contribution in [3.63, 3.8) is 0 Å². The molecule has 6 aliphatic heterocycles. The van der Waals surface area contributed by atoms with Crippen molar-refractivity contribution in [1.29, 1.82) is 0 Å². The second-order valence-corrected chi connectivity index (χ2v) is 23.4. The first kappa shape index (κ1) is 53.1. The summed E-state index contributed by atoms with van der Waals surface area (Å²) in [6.45, 7) is 18.4. The van der Waals surface area contributed by atoms with Crippen LogP contribution in [0.1, 0.15) is 147 Å². The van der Waals surface area contributed by atoms with E-state index in [1.807, 2.05) is 0 Å². The summed E-state index contributed by atoms with van der Waals surface area (Å²) in [4.78, 5) is 20.0. The average Bonchev–Trinajstić information content (AvgIpc) is 4.32. The van der Waals surface area contributed by atoms with Gasteiger partial charge >= 0.3 is 0 Å². The monoisotopic (exact) mass is 1080 g/mol. The fourth-order valence-corrected chi connectivity index (χ4v) is 14.4. The van der Waals surface area contributed by atoms with Crippen molar-refractivity contribution in [3.8, 4) is 33.8 Å². The quantitative estimate of drug-likeness (QED) is 0.163. The fraction of sp³-hybridized carbons (Fsp3) is 0.289. The molecule has 3 aromatic heterocycles. The zero-order valence-electron chi connectivity index (χ0n) is 49.7. The molecule has 7 aromatic carbocycles. The molecule has 0 atom stereocenters. The van der Waals surface area contributed by atoms with Gasteiger partial charge in [-0.2, -0.15) is 0 Å². The number of nitrogens with one attached hydrogen (secondary N) is 2. The van der Waals surface area contributed by atoms with Crippen LogP contribution in [0.3, 0.4) is 0 Å². The molecular weight excluding hydrogens is 1000 g/mol. The third kappa shape index (κ3) is 9.01. The number of allylic oxidation sites excluding steroid dienone is 4.